The van der Waals surface area contributed by atoms with E-state index in [-0.39, 0.29) is 17.9 Å². The van der Waals surface area contributed by atoms with Crippen molar-refractivity contribution in [2.45, 2.75) is 17.9 Å². The number of benzene rings is 2. The van der Waals surface area contributed by atoms with Crippen LogP contribution in [0.25, 0.3) is 0 Å². The third-order valence-corrected chi connectivity index (χ3v) is 5.39. The van der Waals surface area contributed by atoms with E-state index in [0.717, 1.165) is 14.9 Å². The van der Waals surface area contributed by atoms with Crippen LogP contribution in [0.2, 0.25) is 0 Å². The van der Waals surface area contributed by atoms with Crippen molar-refractivity contribution in [3.63, 3.8) is 0 Å². The Bertz CT molecular complexity index is 779. The Balaban J connectivity index is 1.77. The zero-order valence-corrected chi connectivity index (χ0v) is 14.8. The Labute approximate surface area is 147 Å². The fraction of sp³-hybridized carbons (Fsp3) is 0.176. The van der Waals surface area contributed by atoms with Crippen LogP contribution < -0.4 is 10.6 Å². The second kappa shape index (κ2) is 6.76. The molecule has 1 aliphatic rings. The molecule has 0 bridgehead atoms. The molecule has 0 aliphatic carbocycles. The molecule has 3 rings (SSSR count). The van der Waals surface area contributed by atoms with Gasteiger partial charge in [0.15, 0.2) is 0 Å². The number of rotatable bonds is 3. The number of carbonyl (C=O) groups excluding carboxylic acids is 2. The van der Waals surface area contributed by atoms with Gasteiger partial charge >= 0.3 is 0 Å². The number of carbonyl (C=O) groups is 2. The summed E-state index contributed by atoms with van der Waals surface area (Å²) in [6, 6.07) is 13.0. The lowest BCUT2D eigenvalue weighted by Gasteiger charge is -2.19. The summed E-state index contributed by atoms with van der Waals surface area (Å²) in [4.78, 5) is 24.9. The lowest BCUT2D eigenvalue weighted by atomic mass is 10.1. The SMILES string of the molecule is CC(NC(=O)c1ccc2c(c1)NC(=O)CS2)c1ccccc1Br. The van der Waals surface area contributed by atoms with Crippen LogP contribution in [0.1, 0.15) is 28.9 Å². The Morgan fingerprint density at radius 2 is 2.09 bits per heavy atom. The van der Waals surface area contributed by atoms with Gasteiger partial charge in [-0.25, -0.2) is 0 Å². The summed E-state index contributed by atoms with van der Waals surface area (Å²) in [5.41, 5.74) is 2.25. The van der Waals surface area contributed by atoms with E-state index in [4.69, 9.17) is 0 Å². The van der Waals surface area contributed by atoms with Crippen molar-refractivity contribution in [2.75, 3.05) is 11.1 Å². The third-order valence-electron chi connectivity index (χ3n) is 3.59. The van der Waals surface area contributed by atoms with Gasteiger partial charge in [-0.2, -0.15) is 0 Å². The normalized spacial score (nSPS) is 14.6. The molecule has 0 fully saturated rings. The second-order valence-corrected chi connectivity index (χ2v) is 7.14. The average Bonchev–Trinajstić information content (AvgIpc) is 2.54. The van der Waals surface area contributed by atoms with Gasteiger partial charge in [0.1, 0.15) is 0 Å². The van der Waals surface area contributed by atoms with Crippen LogP contribution in [0.4, 0.5) is 5.69 Å². The van der Waals surface area contributed by atoms with E-state index >= 15 is 0 Å². The maximum Gasteiger partial charge on any atom is 0.251 e. The minimum atomic E-state index is -0.166. The van der Waals surface area contributed by atoms with E-state index in [0.29, 0.717) is 17.0 Å². The van der Waals surface area contributed by atoms with Gasteiger partial charge in [-0.3, -0.25) is 9.59 Å². The van der Waals surface area contributed by atoms with Gasteiger partial charge in [0, 0.05) is 14.9 Å². The Kier molecular flexibility index (Phi) is 4.73. The van der Waals surface area contributed by atoms with E-state index in [1.807, 2.05) is 37.3 Å². The maximum atomic E-state index is 12.5. The zero-order valence-electron chi connectivity index (χ0n) is 12.4. The summed E-state index contributed by atoms with van der Waals surface area (Å²) in [5.74, 6) is 0.208. The molecule has 0 aromatic heterocycles. The van der Waals surface area contributed by atoms with Gasteiger partial charge in [0.2, 0.25) is 5.91 Å². The number of hydrogen-bond donors (Lipinski definition) is 2. The van der Waals surface area contributed by atoms with Crippen molar-refractivity contribution in [1.82, 2.24) is 5.32 Å². The summed E-state index contributed by atoms with van der Waals surface area (Å²) in [5, 5.41) is 5.78. The highest BCUT2D eigenvalue weighted by Gasteiger charge is 2.18. The van der Waals surface area contributed by atoms with Crippen molar-refractivity contribution >= 4 is 45.2 Å². The molecule has 0 radical (unpaired) electrons. The standard InChI is InChI=1S/C17H15BrN2O2S/c1-10(12-4-2-3-5-13(12)18)19-17(22)11-6-7-15-14(8-11)20-16(21)9-23-15/h2-8,10H,9H2,1H3,(H,19,22)(H,20,21). The topological polar surface area (TPSA) is 58.2 Å². The number of hydrogen-bond acceptors (Lipinski definition) is 3. The van der Waals surface area contributed by atoms with Crippen molar-refractivity contribution in [2.24, 2.45) is 0 Å². The quantitative estimate of drug-likeness (QED) is 0.832. The summed E-state index contributed by atoms with van der Waals surface area (Å²) < 4.78 is 0.960. The average molecular weight is 391 g/mol. The van der Waals surface area contributed by atoms with Gasteiger partial charge in [-0.15, -0.1) is 11.8 Å². The van der Waals surface area contributed by atoms with Crippen molar-refractivity contribution < 1.29 is 9.59 Å². The number of halogens is 1. The first kappa shape index (κ1) is 16.1. The molecule has 118 valence electrons. The smallest absolute Gasteiger partial charge is 0.251 e. The van der Waals surface area contributed by atoms with E-state index in [1.54, 1.807) is 12.1 Å². The summed E-state index contributed by atoms with van der Waals surface area (Å²) >= 11 is 4.98. The van der Waals surface area contributed by atoms with Crippen LogP contribution in [0.5, 0.6) is 0 Å². The fourth-order valence-electron chi connectivity index (χ4n) is 2.41. The molecule has 6 heteroatoms. The Morgan fingerprint density at radius 1 is 1.30 bits per heavy atom. The molecule has 0 saturated heterocycles. The van der Waals surface area contributed by atoms with Crippen LogP contribution in [-0.2, 0) is 4.79 Å². The number of thioether (sulfide) groups is 1. The van der Waals surface area contributed by atoms with Gasteiger partial charge in [-0.05, 0) is 36.8 Å². The molecule has 2 aromatic rings. The highest BCUT2D eigenvalue weighted by atomic mass is 79.9. The van der Waals surface area contributed by atoms with Gasteiger partial charge in [0.25, 0.3) is 5.91 Å². The van der Waals surface area contributed by atoms with Crippen molar-refractivity contribution in [1.29, 1.82) is 0 Å². The first-order valence-corrected chi connectivity index (χ1v) is 8.94. The largest absolute Gasteiger partial charge is 0.345 e. The van der Waals surface area contributed by atoms with Gasteiger partial charge in [-0.1, -0.05) is 34.1 Å². The molecule has 0 spiro atoms. The number of fused-ring (bicyclic) bond motifs is 1. The number of anilines is 1. The van der Waals surface area contributed by atoms with Crippen LogP contribution in [0.3, 0.4) is 0 Å². The number of nitrogens with one attached hydrogen (secondary N) is 2. The monoisotopic (exact) mass is 390 g/mol. The molecule has 1 heterocycles. The van der Waals surface area contributed by atoms with Crippen molar-refractivity contribution in [3.05, 3.63) is 58.1 Å². The predicted molar refractivity (Wildman–Crippen MR) is 95.8 cm³/mol. The zero-order chi connectivity index (χ0) is 16.4. The molecule has 1 aliphatic heterocycles. The fourth-order valence-corrected chi connectivity index (χ4v) is 3.82. The predicted octanol–water partition coefficient (Wildman–Crippen LogP) is 3.98. The minimum Gasteiger partial charge on any atom is -0.345 e. The third kappa shape index (κ3) is 3.59. The highest BCUT2D eigenvalue weighted by molar-refractivity contribution is 9.10. The van der Waals surface area contributed by atoms with Gasteiger partial charge in [0.05, 0.1) is 17.5 Å². The maximum absolute atomic E-state index is 12.5. The van der Waals surface area contributed by atoms with Crippen LogP contribution in [0, 0.1) is 0 Å². The summed E-state index contributed by atoms with van der Waals surface area (Å²) in [7, 11) is 0. The van der Waals surface area contributed by atoms with Crippen LogP contribution in [-0.4, -0.2) is 17.6 Å². The molecular weight excluding hydrogens is 376 g/mol. The second-order valence-electron chi connectivity index (χ2n) is 5.26. The van der Waals surface area contributed by atoms with E-state index in [9.17, 15) is 9.59 Å². The molecule has 4 nitrogen and oxygen atoms in total. The molecule has 0 saturated carbocycles. The lowest BCUT2D eigenvalue weighted by molar-refractivity contribution is -0.113. The summed E-state index contributed by atoms with van der Waals surface area (Å²) in [6.45, 7) is 1.94. The van der Waals surface area contributed by atoms with E-state index in [1.165, 1.54) is 11.8 Å². The van der Waals surface area contributed by atoms with Crippen LogP contribution >= 0.6 is 27.7 Å². The molecule has 1 unspecified atom stereocenters. The Morgan fingerprint density at radius 3 is 2.87 bits per heavy atom. The molecular formula is C17H15BrN2O2S. The van der Waals surface area contributed by atoms with Crippen LogP contribution in [0.15, 0.2) is 51.8 Å². The molecule has 2 aromatic carbocycles. The highest BCUT2D eigenvalue weighted by Crippen LogP contribution is 2.32. The molecule has 2 amide bonds. The first-order chi connectivity index (χ1) is 11.0. The molecule has 1 atom stereocenters. The number of amides is 2. The first-order valence-electron chi connectivity index (χ1n) is 7.16. The van der Waals surface area contributed by atoms with Gasteiger partial charge < -0.3 is 10.6 Å². The van der Waals surface area contributed by atoms with E-state index < -0.39 is 0 Å². The van der Waals surface area contributed by atoms with E-state index in [2.05, 4.69) is 26.6 Å². The molecule has 23 heavy (non-hydrogen) atoms. The molecule has 2 N–H and O–H groups in total. The summed E-state index contributed by atoms with van der Waals surface area (Å²) in [6.07, 6.45) is 0. The lowest BCUT2D eigenvalue weighted by Crippen LogP contribution is -2.27. The minimum absolute atomic E-state index is 0.0401. The Hall–Kier alpha value is -1.79. The van der Waals surface area contributed by atoms with Crippen molar-refractivity contribution in [3.8, 4) is 0 Å².